The minimum atomic E-state index is 0.660. The highest BCUT2D eigenvalue weighted by Crippen LogP contribution is 2.30. The lowest BCUT2D eigenvalue weighted by atomic mass is 9.99. The van der Waals surface area contributed by atoms with E-state index in [9.17, 15) is 0 Å². The lowest BCUT2D eigenvalue weighted by Crippen LogP contribution is -2.28. The highest BCUT2D eigenvalue weighted by atomic mass is 31.1. The van der Waals surface area contributed by atoms with Crippen LogP contribution in [0, 0.1) is 0 Å². The summed E-state index contributed by atoms with van der Waals surface area (Å²) in [4.78, 5) is 4.36. The molecule has 4 nitrogen and oxygen atoms in total. The summed E-state index contributed by atoms with van der Waals surface area (Å²) in [5, 5.41) is 1.34. The van der Waals surface area contributed by atoms with E-state index in [0.717, 1.165) is 24.6 Å². The van der Waals surface area contributed by atoms with Crippen molar-refractivity contribution in [2.75, 3.05) is 34.2 Å². The minimum Gasteiger partial charge on any atom is -0.478 e. The molecule has 0 saturated heterocycles. The fourth-order valence-corrected chi connectivity index (χ4v) is 4.23. The van der Waals surface area contributed by atoms with Gasteiger partial charge in [0.05, 0.1) is 0 Å². The summed E-state index contributed by atoms with van der Waals surface area (Å²) in [6.45, 7) is 5.37. The van der Waals surface area contributed by atoms with Crippen molar-refractivity contribution >= 4 is 13.5 Å². The highest BCUT2D eigenvalue weighted by Gasteiger charge is 2.18. The van der Waals surface area contributed by atoms with Gasteiger partial charge in [-0.1, -0.05) is 20.3 Å². The Kier molecular flexibility index (Phi) is 4.51. The van der Waals surface area contributed by atoms with Crippen molar-refractivity contribution in [1.29, 1.82) is 0 Å². The first-order valence-electron chi connectivity index (χ1n) is 8.50. The highest BCUT2D eigenvalue weighted by molar-refractivity contribution is 7.41. The molecule has 2 aliphatic heterocycles. The number of hydrogen-bond acceptors (Lipinski definition) is 4. The summed E-state index contributed by atoms with van der Waals surface area (Å²) in [6.07, 6.45) is 0. The Balaban J connectivity index is 1.70. The summed E-state index contributed by atoms with van der Waals surface area (Å²) in [5.41, 5.74) is 5.06. The number of fused-ring (bicyclic) bond motifs is 2. The summed E-state index contributed by atoms with van der Waals surface area (Å²) in [5.74, 6) is 2.02. The van der Waals surface area contributed by atoms with E-state index in [1.165, 1.54) is 35.8 Å². The van der Waals surface area contributed by atoms with Gasteiger partial charge in [0, 0.05) is 29.5 Å². The average molecular weight is 354 g/mol. The molecular weight excluding hydrogens is 331 g/mol. The molecule has 0 unspecified atom stereocenters. The Morgan fingerprint density at radius 3 is 1.76 bits per heavy atom. The second-order valence-corrected chi connectivity index (χ2v) is 7.69. The first-order chi connectivity index (χ1) is 12.1. The molecule has 4 rings (SSSR count). The number of nitrogens with zero attached hydrogens (tertiary/aromatic N) is 2. The fraction of sp³-hybridized carbons (Fsp3) is 0.350. The molecule has 0 aromatic heterocycles. The second-order valence-electron chi connectivity index (χ2n) is 6.79. The van der Waals surface area contributed by atoms with E-state index in [4.69, 9.17) is 9.47 Å². The third kappa shape index (κ3) is 3.30. The van der Waals surface area contributed by atoms with Gasteiger partial charge in [0.1, 0.15) is 25.0 Å². The molecule has 0 fully saturated rings. The molecule has 2 aromatic rings. The van der Waals surface area contributed by atoms with Gasteiger partial charge in [-0.2, -0.15) is 0 Å². The van der Waals surface area contributed by atoms with E-state index in [-0.39, 0.29) is 0 Å². The van der Waals surface area contributed by atoms with Crippen LogP contribution in [0.4, 0.5) is 0 Å². The maximum absolute atomic E-state index is 5.79. The predicted octanol–water partition coefficient (Wildman–Crippen LogP) is 3.39. The van der Waals surface area contributed by atoms with Crippen LogP contribution in [-0.2, 0) is 13.1 Å². The van der Waals surface area contributed by atoms with Crippen molar-refractivity contribution in [3.63, 3.8) is 0 Å². The molecule has 2 aliphatic rings. The second kappa shape index (κ2) is 6.80. The monoisotopic (exact) mass is 354 g/mol. The lowest BCUT2D eigenvalue weighted by molar-refractivity contribution is 0.121. The van der Waals surface area contributed by atoms with E-state index in [1.54, 1.807) is 0 Å². The van der Waals surface area contributed by atoms with Crippen LogP contribution in [-0.4, -0.2) is 49.3 Å². The Morgan fingerprint density at radius 1 is 0.840 bits per heavy atom. The average Bonchev–Trinajstić information content (AvgIpc) is 2.61. The summed E-state index contributed by atoms with van der Waals surface area (Å²) in [7, 11) is 5.42. The zero-order valence-electron chi connectivity index (χ0n) is 15.0. The van der Waals surface area contributed by atoms with Crippen LogP contribution in [0.15, 0.2) is 36.4 Å². The standard InChI is InChI=1S/C20H23N2O2P/c1-21-10-16-8-14(4-6-18(16)23-12-21)20(25-3)15-5-7-19-17(9-15)11-22(2)13-24-19/h4-9H,10-13H2,1-3H3. The Morgan fingerprint density at radius 2 is 1.32 bits per heavy atom. The maximum Gasteiger partial charge on any atom is 0.142 e. The van der Waals surface area contributed by atoms with Crippen molar-refractivity contribution in [2.45, 2.75) is 13.1 Å². The number of rotatable bonds is 2. The molecule has 0 N–H and O–H groups in total. The Hall–Kier alpha value is -1.87. The quantitative estimate of drug-likeness (QED) is 0.772. The third-order valence-corrected chi connectivity index (χ3v) is 5.62. The normalized spacial score (nSPS) is 17.4. The molecule has 0 radical (unpaired) electrons. The van der Waals surface area contributed by atoms with Crippen molar-refractivity contribution < 1.29 is 9.47 Å². The van der Waals surface area contributed by atoms with Crippen molar-refractivity contribution in [2.24, 2.45) is 0 Å². The van der Waals surface area contributed by atoms with Crippen LogP contribution < -0.4 is 9.47 Å². The SMILES string of the molecule is CP=C(c1ccc2c(c1)CN(C)CO2)c1ccc2c(c1)CN(C)CO2. The molecule has 5 heteroatoms. The topological polar surface area (TPSA) is 24.9 Å². The summed E-state index contributed by atoms with van der Waals surface area (Å²) in [6, 6.07) is 13.1. The van der Waals surface area contributed by atoms with Crippen LogP contribution in [0.25, 0.3) is 0 Å². The lowest BCUT2D eigenvalue weighted by Gasteiger charge is -2.27. The Labute approximate surface area is 150 Å². The first kappa shape index (κ1) is 16.6. The zero-order chi connectivity index (χ0) is 17.4. The third-order valence-electron chi connectivity index (χ3n) is 4.65. The van der Waals surface area contributed by atoms with E-state index >= 15 is 0 Å². The molecule has 0 saturated carbocycles. The largest absolute Gasteiger partial charge is 0.478 e. The Bertz CT molecular complexity index is 769. The first-order valence-corrected chi connectivity index (χ1v) is 9.84. The van der Waals surface area contributed by atoms with Gasteiger partial charge in [-0.05, 0) is 56.2 Å². The van der Waals surface area contributed by atoms with Gasteiger partial charge in [-0.3, -0.25) is 9.80 Å². The number of benzene rings is 2. The van der Waals surface area contributed by atoms with Gasteiger partial charge < -0.3 is 9.47 Å². The molecule has 0 atom stereocenters. The van der Waals surface area contributed by atoms with Crippen molar-refractivity contribution in [1.82, 2.24) is 9.80 Å². The van der Waals surface area contributed by atoms with E-state index in [1.807, 2.05) is 0 Å². The molecule has 0 amide bonds. The number of ether oxygens (including phenoxy) is 2. The van der Waals surface area contributed by atoms with Gasteiger partial charge in [0.15, 0.2) is 0 Å². The van der Waals surface area contributed by atoms with Gasteiger partial charge in [0.25, 0.3) is 0 Å². The van der Waals surface area contributed by atoms with Gasteiger partial charge in [-0.25, -0.2) is 0 Å². The van der Waals surface area contributed by atoms with E-state index < -0.39 is 0 Å². The minimum absolute atomic E-state index is 0.660. The van der Waals surface area contributed by atoms with Crippen LogP contribution in [0.5, 0.6) is 11.5 Å². The molecule has 2 aromatic carbocycles. The molecule has 25 heavy (non-hydrogen) atoms. The smallest absolute Gasteiger partial charge is 0.142 e. The summed E-state index contributed by atoms with van der Waals surface area (Å²) < 4.78 is 11.6. The maximum atomic E-state index is 5.79. The van der Waals surface area contributed by atoms with E-state index in [0.29, 0.717) is 13.5 Å². The van der Waals surface area contributed by atoms with Crippen molar-refractivity contribution in [3.05, 3.63) is 58.7 Å². The molecule has 0 spiro atoms. The van der Waals surface area contributed by atoms with Gasteiger partial charge in [-0.15, -0.1) is 0 Å². The van der Waals surface area contributed by atoms with E-state index in [2.05, 4.69) is 67.0 Å². The fourth-order valence-electron chi connectivity index (χ4n) is 3.44. The molecule has 130 valence electrons. The summed E-state index contributed by atoms with van der Waals surface area (Å²) >= 11 is 0. The molecule has 0 aliphatic carbocycles. The van der Waals surface area contributed by atoms with Gasteiger partial charge in [0.2, 0.25) is 0 Å². The van der Waals surface area contributed by atoms with Gasteiger partial charge >= 0.3 is 0 Å². The zero-order valence-corrected chi connectivity index (χ0v) is 15.8. The van der Waals surface area contributed by atoms with Crippen molar-refractivity contribution in [3.8, 4) is 11.5 Å². The van der Waals surface area contributed by atoms with Crippen LogP contribution in [0.2, 0.25) is 0 Å². The molecule has 0 bridgehead atoms. The van der Waals surface area contributed by atoms with Crippen LogP contribution >= 0.6 is 8.20 Å². The van der Waals surface area contributed by atoms with Crippen LogP contribution in [0.3, 0.4) is 0 Å². The molecule has 2 heterocycles. The molecular formula is C20H23N2O2P. The number of hydrogen-bond donors (Lipinski definition) is 0. The predicted molar refractivity (Wildman–Crippen MR) is 103 cm³/mol. The van der Waals surface area contributed by atoms with Crippen LogP contribution in [0.1, 0.15) is 22.3 Å².